The summed E-state index contributed by atoms with van der Waals surface area (Å²) in [4.78, 5) is 22.4. The highest BCUT2D eigenvalue weighted by atomic mass is 32.2. The molecule has 2 aliphatic rings. The van der Waals surface area contributed by atoms with E-state index in [-0.39, 0.29) is 24.3 Å². The van der Waals surface area contributed by atoms with Crippen molar-refractivity contribution in [2.24, 2.45) is 5.14 Å². The third kappa shape index (κ3) is 3.71. The highest BCUT2D eigenvalue weighted by molar-refractivity contribution is 7.87. The summed E-state index contributed by atoms with van der Waals surface area (Å²) in [6, 6.07) is 9.88. The van der Waals surface area contributed by atoms with E-state index in [2.05, 4.69) is 24.9 Å². The number of rotatable bonds is 5. The van der Waals surface area contributed by atoms with Gasteiger partial charge >= 0.3 is 0 Å². The van der Waals surface area contributed by atoms with E-state index in [1.165, 1.54) is 6.33 Å². The number of fused-ring (bicyclic) bond motifs is 1. The summed E-state index contributed by atoms with van der Waals surface area (Å²) < 4.78 is 25.5. The highest BCUT2D eigenvalue weighted by Crippen LogP contribution is 2.38. The van der Waals surface area contributed by atoms with Gasteiger partial charge in [0.05, 0.1) is 6.42 Å². The molecule has 0 aliphatic carbocycles. The molecule has 1 aromatic heterocycles. The molecule has 0 radical (unpaired) electrons. The maximum Gasteiger partial charge on any atom is 0.274 e. The van der Waals surface area contributed by atoms with Crippen molar-refractivity contribution < 1.29 is 13.2 Å². The van der Waals surface area contributed by atoms with Gasteiger partial charge in [-0.2, -0.15) is 8.42 Å². The summed E-state index contributed by atoms with van der Waals surface area (Å²) in [5.41, 5.74) is 1.55. The summed E-state index contributed by atoms with van der Waals surface area (Å²) in [5, 5.41) is 7.93. The summed E-state index contributed by atoms with van der Waals surface area (Å²) in [6.45, 7) is 1.60. The van der Waals surface area contributed by atoms with Crippen LogP contribution in [0.4, 0.5) is 11.6 Å². The van der Waals surface area contributed by atoms with Crippen LogP contribution < -0.4 is 20.1 Å². The van der Waals surface area contributed by atoms with E-state index in [0.29, 0.717) is 18.9 Å². The molecule has 2 aromatic rings. The van der Waals surface area contributed by atoms with Crippen LogP contribution in [0.3, 0.4) is 0 Å². The first-order valence-electron chi connectivity index (χ1n) is 9.08. The number of nitrogens with two attached hydrogens (primary N) is 1. The third-order valence-electron chi connectivity index (χ3n) is 5.54. The summed E-state index contributed by atoms with van der Waals surface area (Å²) >= 11 is 0. The van der Waals surface area contributed by atoms with Gasteiger partial charge in [0, 0.05) is 30.6 Å². The van der Waals surface area contributed by atoms with Gasteiger partial charge in [-0.25, -0.2) is 19.8 Å². The van der Waals surface area contributed by atoms with Gasteiger partial charge in [-0.05, 0) is 18.4 Å². The van der Waals surface area contributed by atoms with E-state index in [1.807, 2.05) is 30.3 Å². The van der Waals surface area contributed by atoms with Crippen molar-refractivity contribution in [3.05, 3.63) is 47.8 Å². The second kappa shape index (κ2) is 7.12. The molecule has 4 N–H and O–H groups in total. The van der Waals surface area contributed by atoms with E-state index in [0.717, 1.165) is 29.8 Å². The smallest absolute Gasteiger partial charge is 0.274 e. The van der Waals surface area contributed by atoms with Gasteiger partial charge in [-0.15, -0.1) is 0 Å². The van der Waals surface area contributed by atoms with Crippen LogP contribution in [0.1, 0.15) is 24.0 Å². The van der Waals surface area contributed by atoms with Gasteiger partial charge in [-0.1, -0.05) is 30.3 Å². The summed E-state index contributed by atoms with van der Waals surface area (Å²) in [6.07, 6.45) is 3.18. The van der Waals surface area contributed by atoms with Gasteiger partial charge < -0.3 is 10.2 Å². The SMILES string of the molecule is NS(=O)(=O)NCC1(c2ccccc2)CCN(c2ncnc3c2CC(=O)N3)CC1. The lowest BCUT2D eigenvalue weighted by Crippen LogP contribution is -2.50. The topological polar surface area (TPSA) is 130 Å². The lowest BCUT2D eigenvalue weighted by molar-refractivity contribution is -0.115. The Morgan fingerprint density at radius 2 is 1.89 bits per heavy atom. The van der Waals surface area contributed by atoms with Crippen LogP contribution in [0, 0.1) is 0 Å². The van der Waals surface area contributed by atoms with Crippen molar-refractivity contribution in [3.8, 4) is 0 Å². The van der Waals surface area contributed by atoms with E-state index in [1.54, 1.807) is 0 Å². The number of hydrogen-bond acceptors (Lipinski definition) is 6. The zero-order valence-electron chi connectivity index (χ0n) is 15.3. The van der Waals surface area contributed by atoms with Crippen LogP contribution in [0.15, 0.2) is 36.7 Å². The molecule has 148 valence electrons. The number of carbonyl (C=O) groups is 1. The molecule has 10 heteroatoms. The minimum atomic E-state index is -3.78. The Hall–Kier alpha value is -2.56. The first kappa shape index (κ1) is 18.8. The first-order valence-corrected chi connectivity index (χ1v) is 10.6. The lowest BCUT2D eigenvalue weighted by Gasteiger charge is -2.43. The number of aromatic nitrogens is 2. The average Bonchev–Trinajstić information content (AvgIpc) is 3.07. The number of anilines is 2. The van der Waals surface area contributed by atoms with E-state index >= 15 is 0 Å². The minimum Gasteiger partial charge on any atom is -0.356 e. The zero-order valence-corrected chi connectivity index (χ0v) is 16.1. The molecular weight excluding hydrogens is 380 g/mol. The van der Waals surface area contributed by atoms with Gasteiger partial charge in [-0.3, -0.25) is 4.79 Å². The predicted molar refractivity (Wildman–Crippen MR) is 105 cm³/mol. The number of amides is 1. The maximum absolute atomic E-state index is 11.7. The van der Waals surface area contributed by atoms with Gasteiger partial charge in [0.1, 0.15) is 18.0 Å². The molecule has 9 nitrogen and oxygen atoms in total. The Balaban J connectivity index is 1.58. The second-order valence-corrected chi connectivity index (χ2v) is 8.63. The van der Waals surface area contributed by atoms with Crippen molar-refractivity contribution in [1.29, 1.82) is 0 Å². The summed E-state index contributed by atoms with van der Waals surface area (Å²) in [5.74, 6) is 1.26. The van der Waals surface area contributed by atoms with Crippen molar-refractivity contribution in [2.75, 3.05) is 29.9 Å². The van der Waals surface area contributed by atoms with Crippen molar-refractivity contribution in [3.63, 3.8) is 0 Å². The minimum absolute atomic E-state index is 0.0789. The molecule has 0 unspecified atom stereocenters. The Labute approximate surface area is 163 Å². The molecule has 0 saturated carbocycles. The molecule has 0 bridgehead atoms. The molecule has 0 atom stereocenters. The molecule has 4 rings (SSSR count). The van der Waals surface area contributed by atoms with Crippen LogP contribution in [0.25, 0.3) is 0 Å². The largest absolute Gasteiger partial charge is 0.356 e. The van der Waals surface area contributed by atoms with Crippen LogP contribution in [0.2, 0.25) is 0 Å². The molecule has 1 saturated heterocycles. The number of nitrogens with one attached hydrogen (secondary N) is 2. The standard InChI is InChI=1S/C18H22N6O3S/c19-28(26,27)22-11-18(13-4-2-1-3-5-13)6-8-24(9-7-18)17-14-10-15(25)23-16(14)20-12-21-17/h1-5,12,22H,6-11H2,(H2,19,26,27)(H,20,21,23,25). The normalized spacial score (nSPS) is 18.6. The number of piperidine rings is 1. The second-order valence-electron chi connectivity index (χ2n) is 7.25. The molecular formula is C18H22N6O3S. The van der Waals surface area contributed by atoms with Crippen LogP contribution >= 0.6 is 0 Å². The Morgan fingerprint density at radius 1 is 1.18 bits per heavy atom. The number of hydrogen-bond donors (Lipinski definition) is 3. The van der Waals surface area contributed by atoms with E-state index in [9.17, 15) is 13.2 Å². The fourth-order valence-corrected chi connectivity index (χ4v) is 4.50. The maximum atomic E-state index is 11.7. The molecule has 1 amide bonds. The van der Waals surface area contributed by atoms with Gasteiger partial charge in [0.25, 0.3) is 10.2 Å². The zero-order chi connectivity index (χ0) is 19.8. The lowest BCUT2D eigenvalue weighted by atomic mass is 9.73. The average molecular weight is 402 g/mol. The molecule has 1 fully saturated rings. The highest BCUT2D eigenvalue weighted by Gasteiger charge is 2.38. The molecule has 1 aromatic carbocycles. The van der Waals surface area contributed by atoms with Gasteiger partial charge in [0.15, 0.2) is 0 Å². The number of nitrogens with zero attached hydrogens (tertiary/aromatic N) is 3. The Kier molecular flexibility index (Phi) is 4.77. The van der Waals surface area contributed by atoms with Crippen molar-refractivity contribution >= 4 is 27.8 Å². The van der Waals surface area contributed by atoms with Gasteiger partial charge in [0.2, 0.25) is 5.91 Å². The molecule has 28 heavy (non-hydrogen) atoms. The Bertz CT molecular complexity index is 988. The van der Waals surface area contributed by atoms with E-state index in [4.69, 9.17) is 5.14 Å². The fourth-order valence-electron chi connectivity index (χ4n) is 4.03. The van der Waals surface area contributed by atoms with Crippen LogP contribution in [-0.4, -0.2) is 43.9 Å². The van der Waals surface area contributed by atoms with Crippen LogP contribution in [0.5, 0.6) is 0 Å². The van der Waals surface area contributed by atoms with E-state index < -0.39 is 10.2 Å². The summed E-state index contributed by atoms with van der Waals surface area (Å²) in [7, 11) is -3.78. The molecule has 2 aliphatic heterocycles. The van der Waals surface area contributed by atoms with Crippen molar-refractivity contribution in [1.82, 2.24) is 14.7 Å². The quantitative estimate of drug-likeness (QED) is 0.659. The van der Waals surface area contributed by atoms with Crippen molar-refractivity contribution in [2.45, 2.75) is 24.7 Å². The first-order chi connectivity index (χ1) is 13.4. The molecule has 0 spiro atoms. The number of carbonyl (C=O) groups excluding carboxylic acids is 1. The molecule has 3 heterocycles. The predicted octanol–water partition coefficient (Wildman–Crippen LogP) is 0.303. The fraction of sp³-hybridized carbons (Fsp3) is 0.389. The number of benzene rings is 1. The monoisotopic (exact) mass is 402 g/mol. The third-order valence-corrected chi connectivity index (χ3v) is 6.08. The Morgan fingerprint density at radius 3 is 2.57 bits per heavy atom. The van der Waals surface area contributed by atoms with Crippen LogP contribution in [-0.2, 0) is 26.8 Å².